The monoisotopic (exact) mass is 255 g/mol. The van der Waals surface area contributed by atoms with Crippen LogP contribution in [0.1, 0.15) is 29.5 Å². The Balaban J connectivity index is 2.56. The maximum absolute atomic E-state index is 12.0. The van der Waals surface area contributed by atoms with Crippen molar-refractivity contribution in [1.82, 2.24) is 15.1 Å². The Hall–Kier alpha value is -1.40. The van der Waals surface area contributed by atoms with E-state index in [2.05, 4.69) is 17.1 Å². The van der Waals surface area contributed by atoms with Crippen LogP contribution in [-0.4, -0.2) is 59.5 Å². The molecule has 1 atom stereocenters. The lowest BCUT2D eigenvalue weighted by Crippen LogP contribution is -2.36. The second-order valence-corrected chi connectivity index (χ2v) is 4.32. The van der Waals surface area contributed by atoms with Gasteiger partial charge in [-0.15, -0.1) is 0 Å². The molecule has 1 rings (SSSR count). The van der Waals surface area contributed by atoms with Gasteiger partial charge in [-0.3, -0.25) is 9.89 Å². The highest BCUT2D eigenvalue weighted by molar-refractivity contribution is 5.92. The Bertz CT molecular complexity index is 378. The van der Waals surface area contributed by atoms with Gasteiger partial charge >= 0.3 is 0 Å². The van der Waals surface area contributed by atoms with Crippen molar-refractivity contribution in [3.05, 3.63) is 17.5 Å². The Morgan fingerprint density at radius 1 is 1.67 bits per heavy atom. The van der Waals surface area contributed by atoms with Crippen LogP contribution < -0.4 is 0 Å². The van der Waals surface area contributed by atoms with Crippen LogP contribution in [0.15, 0.2) is 6.07 Å². The van der Waals surface area contributed by atoms with Gasteiger partial charge in [0.05, 0.1) is 12.7 Å². The summed E-state index contributed by atoms with van der Waals surface area (Å²) in [4.78, 5) is 13.4. The number of ether oxygens (including phenoxy) is 1. The smallest absolute Gasteiger partial charge is 0.274 e. The maximum Gasteiger partial charge on any atom is 0.274 e. The number of hydrogen-bond acceptors (Lipinski definition) is 4. The van der Waals surface area contributed by atoms with Gasteiger partial charge in [-0.25, -0.2) is 0 Å². The number of aromatic nitrogens is 2. The lowest BCUT2D eigenvalue weighted by atomic mass is 10.2. The van der Waals surface area contributed by atoms with Crippen LogP contribution in [0.4, 0.5) is 0 Å². The van der Waals surface area contributed by atoms with E-state index in [9.17, 15) is 9.90 Å². The zero-order valence-corrected chi connectivity index (χ0v) is 11.1. The standard InChI is InChI=1S/C12H21N3O3/c1-4-5-9-6-11(14-13-9)12(17)15(2)7-10(16)8-18-3/h6,10,16H,4-5,7-8H2,1-3H3,(H,13,14). The fourth-order valence-electron chi connectivity index (χ4n) is 1.71. The number of nitrogens with one attached hydrogen (secondary N) is 1. The molecule has 0 aliphatic carbocycles. The van der Waals surface area contributed by atoms with Gasteiger partial charge in [0, 0.05) is 26.4 Å². The second kappa shape index (κ2) is 7.13. The van der Waals surface area contributed by atoms with Crippen LogP contribution in [0.25, 0.3) is 0 Å². The third-order valence-corrected chi connectivity index (χ3v) is 2.56. The lowest BCUT2D eigenvalue weighted by Gasteiger charge is -2.19. The average molecular weight is 255 g/mol. The highest BCUT2D eigenvalue weighted by atomic mass is 16.5. The maximum atomic E-state index is 12.0. The number of H-pyrrole nitrogens is 1. The zero-order valence-electron chi connectivity index (χ0n) is 11.1. The predicted octanol–water partition coefficient (Wildman–Crippen LogP) is 0.441. The number of aliphatic hydroxyl groups excluding tert-OH is 1. The van der Waals surface area contributed by atoms with E-state index in [-0.39, 0.29) is 19.1 Å². The number of aromatic amines is 1. The minimum atomic E-state index is -0.682. The summed E-state index contributed by atoms with van der Waals surface area (Å²) in [6, 6.07) is 1.75. The van der Waals surface area contributed by atoms with Crippen molar-refractivity contribution in [2.75, 3.05) is 27.3 Å². The molecule has 0 saturated carbocycles. The van der Waals surface area contributed by atoms with Gasteiger partial charge in [0.25, 0.3) is 5.91 Å². The molecular weight excluding hydrogens is 234 g/mol. The third-order valence-electron chi connectivity index (χ3n) is 2.56. The first kappa shape index (κ1) is 14.7. The summed E-state index contributed by atoms with van der Waals surface area (Å²) in [5, 5.41) is 16.4. The van der Waals surface area contributed by atoms with Crippen molar-refractivity contribution >= 4 is 5.91 Å². The summed E-state index contributed by atoms with van der Waals surface area (Å²) in [6.07, 6.45) is 1.19. The van der Waals surface area contributed by atoms with Gasteiger partial charge in [-0.05, 0) is 12.5 Å². The van der Waals surface area contributed by atoms with Crippen molar-refractivity contribution in [2.24, 2.45) is 0 Å². The fourth-order valence-corrected chi connectivity index (χ4v) is 1.71. The predicted molar refractivity (Wildman–Crippen MR) is 67.4 cm³/mol. The van der Waals surface area contributed by atoms with E-state index in [0.29, 0.717) is 5.69 Å². The van der Waals surface area contributed by atoms with E-state index < -0.39 is 6.10 Å². The summed E-state index contributed by atoms with van der Waals surface area (Å²) in [6.45, 7) is 2.50. The van der Waals surface area contributed by atoms with Gasteiger partial charge in [-0.2, -0.15) is 5.10 Å². The first-order chi connectivity index (χ1) is 8.58. The molecule has 0 aliphatic heterocycles. The molecule has 0 bridgehead atoms. The van der Waals surface area contributed by atoms with Crippen LogP contribution in [0.5, 0.6) is 0 Å². The topological polar surface area (TPSA) is 78.5 Å². The van der Waals surface area contributed by atoms with Crippen molar-refractivity contribution in [1.29, 1.82) is 0 Å². The summed E-state index contributed by atoms with van der Waals surface area (Å²) in [5.41, 5.74) is 1.33. The Morgan fingerprint density at radius 2 is 2.39 bits per heavy atom. The minimum Gasteiger partial charge on any atom is -0.389 e. The molecule has 6 nitrogen and oxygen atoms in total. The Morgan fingerprint density at radius 3 is 3.00 bits per heavy atom. The molecule has 0 radical (unpaired) electrons. The molecule has 1 amide bonds. The molecule has 0 aromatic carbocycles. The molecule has 102 valence electrons. The number of rotatable bonds is 7. The number of aryl methyl sites for hydroxylation is 1. The fraction of sp³-hybridized carbons (Fsp3) is 0.667. The normalized spacial score (nSPS) is 12.4. The van der Waals surface area contributed by atoms with E-state index in [4.69, 9.17) is 4.74 Å². The highest BCUT2D eigenvalue weighted by Crippen LogP contribution is 2.05. The van der Waals surface area contributed by atoms with Crippen LogP contribution in [0, 0.1) is 0 Å². The van der Waals surface area contributed by atoms with Gasteiger partial charge in [0.2, 0.25) is 0 Å². The molecule has 1 unspecified atom stereocenters. The molecule has 1 heterocycles. The van der Waals surface area contributed by atoms with Gasteiger partial charge in [0.1, 0.15) is 5.69 Å². The molecule has 1 aromatic rings. The van der Waals surface area contributed by atoms with Gasteiger partial charge in [-0.1, -0.05) is 13.3 Å². The average Bonchev–Trinajstić information content (AvgIpc) is 2.77. The second-order valence-electron chi connectivity index (χ2n) is 4.32. The van der Waals surface area contributed by atoms with E-state index in [0.717, 1.165) is 18.5 Å². The van der Waals surface area contributed by atoms with Gasteiger partial charge in [0.15, 0.2) is 0 Å². The largest absolute Gasteiger partial charge is 0.389 e. The molecule has 1 aromatic heterocycles. The number of amides is 1. The first-order valence-electron chi connectivity index (χ1n) is 6.05. The van der Waals surface area contributed by atoms with Gasteiger partial charge < -0.3 is 14.7 Å². The summed E-state index contributed by atoms with van der Waals surface area (Å²) < 4.78 is 4.82. The molecule has 0 saturated heterocycles. The minimum absolute atomic E-state index is 0.205. The molecule has 0 aliphatic rings. The van der Waals surface area contributed by atoms with Crippen LogP contribution in [-0.2, 0) is 11.2 Å². The van der Waals surface area contributed by atoms with Crippen molar-refractivity contribution in [2.45, 2.75) is 25.9 Å². The zero-order chi connectivity index (χ0) is 13.5. The van der Waals surface area contributed by atoms with E-state index >= 15 is 0 Å². The summed E-state index contributed by atoms with van der Waals surface area (Å²) in [5.74, 6) is -0.205. The number of methoxy groups -OCH3 is 1. The summed E-state index contributed by atoms with van der Waals surface area (Å²) in [7, 11) is 3.14. The first-order valence-corrected chi connectivity index (χ1v) is 6.05. The van der Waals surface area contributed by atoms with Crippen molar-refractivity contribution in [3.8, 4) is 0 Å². The SMILES string of the molecule is CCCc1cc(C(=O)N(C)CC(O)COC)n[nH]1. The van der Waals surface area contributed by atoms with Crippen LogP contribution >= 0.6 is 0 Å². The quantitative estimate of drug-likeness (QED) is 0.741. The van der Waals surface area contributed by atoms with E-state index in [1.54, 1.807) is 13.1 Å². The Labute approximate surface area is 107 Å². The highest BCUT2D eigenvalue weighted by Gasteiger charge is 2.17. The van der Waals surface area contributed by atoms with E-state index in [1.807, 2.05) is 0 Å². The third kappa shape index (κ3) is 4.12. The molecule has 6 heteroatoms. The summed E-state index contributed by atoms with van der Waals surface area (Å²) >= 11 is 0. The number of carbonyl (C=O) groups is 1. The molecule has 0 spiro atoms. The number of hydrogen-bond donors (Lipinski definition) is 2. The lowest BCUT2D eigenvalue weighted by molar-refractivity contribution is 0.0378. The van der Waals surface area contributed by atoms with Crippen LogP contribution in [0.2, 0.25) is 0 Å². The van der Waals surface area contributed by atoms with Crippen molar-refractivity contribution in [3.63, 3.8) is 0 Å². The van der Waals surface area contributed by atoms with Crippen molar-refractivity contribution < 1.29 is 14.6 Å². The van der Waals surface area contributed by atoms with E-state index in [1.165, 1.54) is 12.0 Å². The van der Waals surface area contributed by atoms with Crippen LogP contribution in [0.3, 0.4) is 0 Å². The molecular formula is C12H21N3O3. The number of nitrogens with zero attached hydrogens (tertiary/aromatic N) is 2. The number of aliphatic hydroxyl groups is 1. The Kier molecular flexibility index (Phi) is 5.80. The molecule has 2 N–H and O–H groups in total. The molecule has 0 fully saturated rings. The number of carbonyl (C=O) groups excluding carboxylic acids is 1. The number of likely N-dealkylation sites (N-methyl/N-ethyl adjacent to an activating group) is 1. The molecule has 18 heavy (non-hydrogen) atoms.